The number of nitrogens with one attached hydrogen (secondary N) is 1. The van der Waals surface area contributed by atoms with E-state index in [-0.39, 0.29) is 17.0 Å². The number of carbonyl (C=O) groups excluding carboxylic acids is 1. The van der Waals surface area contributed by atoms with Gasteiger partial charge in [0.05, 0.1) is 18.2 Å². The molecule has 2 N–H and O–H groups in total. The number of fused-ring (bicyclic) bond motifs is 1. The zero-order valence-electron chi connectivity index (χ0n) is 12.2. The molecule has 2 aromatic rings. The van der Waals surface area contributed by atoms with Gasteiger partial charge in [0.1, 0.15) is 5.75 Å². The normalized spacial score (nSPS) is 19.8. The van der Waals surface area contributed by atoms with Crippen molar-refractivity contribution in [1.29, 1.82) is 0 Å². The van der Waals surface area contributed by atoms with Crippen molar-refractivity contribution < 1.29 is 27.8 Å². The molecule has 0 fully saturated rings. The van der Waals surface area contributed by atoms with E-state index >= 15 is 0 Å². The molecule has 0 radical (unpaired) electrons. The molecule has 0 saturated heterocycles. The molecule has 1 heterocycles. The summed E-state index contributed by atoms with van der Waals surface area (Å²) >= 11 is 3.20. The molecule has 1 aliphatic heterocycles. The number of ether oxygens (including phenoxy) is 1. The Bertz CT molecular complexity index is 838. The van der Waals surface area contributed by atoms with Gasteiger partial charge in [-0.2, -0.15) is 13.2 Å². The number of amides is 1. The number of methoxy groups -OCH3 is 1. The first-order valence-corrected chi connectivity index (χ1v) is 7.57. The van der Waals surface area contributed by atoms with Gasteiger partial charge in [-0.25, -0.2) is 0 Å². The van der Waals surface area contributed by atoms with Gasteiger partial charge in [0.2, 0.25) is 5.60 Å². The first-order chi connectivity index (χ1) is 11.2. The van der Waals surface area contributed by atoms with Gasteiger partial charge in [-0.3, -0.25) is 4.79 Å². The SMILES string of the molecule is COc1cccc(C(F)(F)F)c1[C@]1(O)C(=O)Nc2ccc(Br)cc21. The average Bonchev–Trinajstić information content (AvgIpc) is 2.78. The highest BCUT2D eigenvalue weighted by atomic mass is 79.9. The summed E-state index contributed by atoms with van der Waals surface area (Å²) in [5.41, 5.74) is -4.01. The Balaban J connectivity index is 2.37. The zero-order valence-corrected chi connectivity index (χ0v) is 13.8. The molecular weight excluding hydrogens is 391 g/mol. The van der Waals surface area contributed by atoms with Crippen molar-refractivity contribution in [3.05, 3.63) is 57.6 Å². The highest BCUT2D eigenvalue weighted by Gasteiger charge is 2.53. The lowest BCUT2D eigenvalue weighted by Crippen LogP contribution is -2.37. The number of rotatable bonds is 2. The van der Waals surface area contributed by atoms with Gasteiger partial charge < -0.3 is 15.2 Å². The molecule has 1 atom stereocenters. The number of carbonyl (C=O) groups is 1. The standard InChI is InChI=1S/C16H11BrF3NO3/c1-24-12-4-2-3-9(16(18,19)20)13(12)15(23)10-7-8(17)5-6-11(10)21-14(15)22/h2-7,23H,1H3,(H,21,22)/t15-/m0/s1. The monoisotopic (exact) mass is 401 g/mol. The maximum absolute atomic E-state index is 13.5. The third-order valence-electron chi connectivity index (χ3n) is 3.86. The van der Waals surface area contributed by atoms with Crippen molar-refractivity contribution in [1.82, 2.24) is 0 Å². The van der Waals surface area contributed by atoms with Crippen LogP contribution in [0.5, 0.6) is 5.75 Å². The Kier molecular flexibility index (Phi) is 3.84. The molecule has 0 bridgehead atoms. The van der Waals surface area contributed by atoms with E-state index in [1.54, 1.807) is 6.07 Å². The fourth-order valence-electron chi connectivity index (χ4n) is 2.82. The van der Waals surface area contributed by atoms with Crippen LogP contribution in [0.3, 0.4) is 0 Å². The lowest BCUT2D eigenvalue weighted by Gasteiger charge is -2.27. The molecule has 0 saturated carbocycles. The van der Waals surface area contributed by atoms with Gasteiger partial charge in [-0.15, -0.1) is 0 Å². The van der Waals surface area contributed by atoms with Crippen LogP contribution in [0.15, 0.2) is 40.9 Å². The van der Waals surface area contributed by atoms with Crippen LogP contribution in [-0.2, 0) is 16.6 Å². The number of benzene rings is 2. The Morgan fingerprint density at radius 1 is 1.25 bits per heavy atom. The summed E-state index contributed by atoms with van der Waals surface area (Å²) in [7, 11) is 1.18. The van der Waals surface area contributed by atoms with Crippen LogP contribution in [0.4, 0.5) is 18.9 Å². The van der Waals surface area contributed by atoms with Crippen LogP contribution >= 0.6 is 15.9 Å². The third kappa shape index (κ3) is 2.37. The van der Waals surface area contributed by atoms with E-state index in [0.717, 1.165) is 12.1 Å². The molecule has 4 nitrogen and oxygen atoms in total. The van der Waals surface area contributed by atoms with Crippen LogP contribution < -0.4 is 10.1 Å². The van der Waals surface area contributed by atoms with Crippen LogP contribution in [0.1, 0.15) is 16.7 Å². The van der Waals surface area contributed by atoms with Gasteiger partial charge >= 0.3 is 6.18 Å². The molecule has 0 unspecified atom stereocenters. The topological polar surface area (TPSA) is 58.6 Å². The fourth-order valence-corrected chi connectivity index (χ4v) is 3.18. The van der Waals surface area contributed by atoms with Crippen LogP contribution in [0, 0.1) is 0 Å². The lowest BCUT2D eigenvalue weighted by molar-refractivity contribution is -0.142. The number of hydrogen-bond donors (Lipinski definition) is 2. The van der Waals surface area contributed by atoms with E-state index in [1.165, 1.54) is 25.3 Å². The van der Waals surface area contributed by atoms with Crippen molar-refractivity contribution in [2.24, 2.45) is 0 Å². The quantitative estimate of drug-likeness (QED) is 0.806. The van der Waals surface area contributed by atoms with Gasteiger partial charge in [0.15, 0.2) is 0 Å². The Morgan fingerprint density at radius 2 is 1.96 bits per heavy atom. The fraction of sp³-hybridized carbons (Fsp3) is 0.188. The van der Waals surface area contributed by atoms with E-state index in [9.17, 15) is 23.1 Å². The van der Waals surface area contributed by atoms with Crippen LogP contribution in [0.25, 0.3) is 0 Å². The van der Waals surface area contributed by atoms with E-state index in [4.69, 9.17) is 4.74 Å². The number of hydrogen-bond acceptors (Lipinski definition) is 3. The second kappa shape index (κ2) is 5.49. The minimum Gasteiger partial charge on any atom is -0.496 e. The first-order valence-electron chi connectivity index (χ1n) is 6.78. The Morgan fingerprint density at radius 3 is 2.58 bits per heavy atom. The van der Waals surface area contributed by atoms with E-state index in [0.29, 0.717) is 4.47 Å². The molecule has 0 aromatic heterocycles. The molecule has 1 amide bonds. The summed E-state index contributed by atoms with van der Waals surface area (Å²) in [4.78, 5) is 12.4. The van der Waals surface area contributed by atoms with Crippen molar-refractivity contribution in [2.45, 2.75) is 11.8 Å². The molecular formula is C16H11BrF3NO3. The van der Waals surface area contributed by atoms with Crippen molar-refractivity contribution in [2.75, 3.05) is 12.4 Å². The molecule has 2 aromatic carbocycles. The van der Waals surface area contributed by atoms with E-state index in [1.807, 2.05) is 0 Å². The summed E-state index contributed by atoms with van der Waals surface area (Å²) in [5.74, 6) is -1.19. The Hall–Kier alpha value is -2.06. The van der Waals surface area contributed by atoms with Crippen molar-refractivity contribution >= 4 is 27.5 Å². The van der Waals surface area contributed by atoms with Gasteiger partial charge in [-0.05, 0) is 30.3 Å². The van der Waals surface area contributed by atoms with Crippen LogP contribution in [0.2, 0.25) is 0 Å². The summed E-state index contributed by atoms with van der Waals surface area (Å²) < 4.78 is 45.9. The van der Waals surface area contributed by atoms with E-state index < -0.39 is 28.8 Å². The molecule has 8 heteroatoms. The summed E-state index contributed by atoms with van der Waals surface area (Å²) in [6.45, 7) is 0. The minimum atomic E-state index is -4.77. The molecule has 1 aliphatic rings. The lowest BCUT2D eigenvalue weighted by atomic mass is 9.83. The number of anilines is 1. The average molecular weight is 402 g/mol. The van der Waals surface area contributed by atoms with Gasteiger partial charge in [-0.1, -0.05) is 22.0 Å². The van der Waals surface area contributed by atoms with Crippen LogP contribution in [-0.4, -0.2) is 18.1 Å². The molecule has 3 rings (SSSR count). The highest BCUT2D eigenvalue weighted by Crippen LogP contribution is 2.49. The third-order valence-corrected chi connectivity index (χ3v) is 4.35. The first kappa shape index (κ1) is 16.8. The van der Waals surface area contributed by atoms with E-state index in [2.05, 4.69) is 21.2 Å². The summed E-state index contributed by atoms with van der Waals surface area (Å²) in [6, 6.07) is 7.74. The maximum Gasteiger partial charge on any atom is 0.416 e. The number of aliphatic hydroxyl groups is 1. The molecule has 126 valence electrons. The molecule has 24 heavy (non-hydrogen) atoms. The van der Waals surface area contributed by atoms with Gasteiger partial charge in [0, 0.05) is 15.7 Å². The highest BCUT2D eigenvalue weighted by molar-refractivity contribution is 9.10. The zero-order chi connectivity index (χ0) is 17.7. The number of halogens is 4. The van der Waals surface area contributed by atoms with Gasteiger partial charge in [0.25, 0.3) is 5.91 Å². The predicted octanol–water partition coefficient (Wildman–Crippen LogP) is 3.66. The Labute approximate surface area is 143 Å². The van der Waals surface area contributed by atoms with Crippen molar-refractivity contribution in [3.63, 3.8) is 0 Å². The summed E-state index contributed by atoms with van der Waals surface area (Å²) in [5, 5.41) is 13.5. The maximum atomic E-state index is 13.5. The number of alkyl halides is 3. The van der Waals surface area contributed by atoms with Crippen molar-refractivity contribution in [3.8, 4) is 5.75 Å². The second-order valence-corrected chi connectivity index (χ2v) is 6.15. The predicted molar refractivity (Wildman–Crippen MR) is 83.8 cm³/mol. The minimum absolute atomic E-state index is 0.0249. The molecule has 0 aliphatic carbocycles. The largest absolute Gasteiger partial charge is 0.496 e. The second-order valence-electron chi connectivity index (χ2n) is 5.24. The summed E-state index contributed by atoms with van der Waals surface area (Å²) in [6.07, 6.45) is -4.77. The smallest absolute Gasteiger partial charge is 0.416 e. The molecule has 0 spiro atoms.